The normalized spacial score (nSPS) is 41.4. The van der Waals surface area contributed by atoms with Crippen LogP contribution in [-0.2, 0) is 38.1 Å². The standard InChI is InChI=1S/C51H83NO13/c1-30-16-12-11-13-17-31(2)42(61-8)28-38-21-19-36(7)51(60,65-38)48(57)49(58)52-23-15-14-18-39(52)50(59)64-43(33(4)26-37-20-22-40(53)44(27-37)62-9)29-41(54)32(3)25-35(6)46(56)47(63-10)45(55)34(5)24-30/h11-13,16-17,25,30,32-34,36-47,53-56,60H,14-15,18-24,26-29H2,1-10H3/b13-11?,16-12+,31-17?,35-25+/t30-,32-,33-,34-,36-,37?,38+,39?,40-,41+,42+,43+,44-,45+,46-,47+,51-/m1/s1. The number of ether oxygens (including phenoxy) is 5. The van der Waals surface area contributed by atoms with Gasteiger partial charge in [-0.25, -0.2) is 4.79 Å². The maximum absolute atomic E-state index is 14.4. The van der Waals surface area contributed by atoms with Gasteiger partial charge in [0.1, 0.15) is 24.4 Å². The first-order valence-corrected chi connectivity index (χ1v) is 24.2. The van der Waals surface area contributed by atoms with E-state index in [0.29, 0.717) is 63.4 Å². The molecule has 65 heavy (non-hydrogen) atoms. The van der Waals surface area contributed by atoms with Gasteiger partial charge < -0.3 is 54.1 Å². The highest BCUT2D eigenvalue weighted by atomic mass is 16.6. The molecule has 2 bridgehead atoms. The monoisotopic (exact) mass is 918 g/mol. The second kappa shape index (κ2) is 25.5. The van der Waals surface area contributed by atoms with E-state index in [1.807, 2.05) is 58.1 Å². The van der Waals surface area contributed by atoms with Crippen molar-refractivity contribution in [3.05, 3.63) is 47.6 Å². The number of carbonyl (C=O) groups is 3. The van der Waals surface area contributed by atoms with Crippen LogP contribution in [0.1, 0.15) is 126 Å². The minimum Gasteiger partial charge on any atom is -0.460 e. The van der Waals surface area contributed by atoms with Crippen molar-refractivity contribution in [3.8, 4) is 0 Å². The lowest BCUT2D eigenvalue weighted by Crippen LogP contribution is -2.61. The summed E-state index contributed by atoms with van der Waals surface area (Å²) in [4.78, 5) is 44.1. The Kier molecular flexibility index (Phi) is 21.5. The minimum absolute atomic E-state index is 0.0359. The molecule has 4 rings (SSSR count). The molecule has 3 heterocycles. The molecule has 2 saturated heterocycles. The van der Waals surface area contributed by atoms with Gasteiger partial charge in [-0.2, -0.15) is 0 Å². The third kappa shape index (κ3) is 14.6. The molecule has 0 aromatic heterocycles. The SMILES string of the molecule is CO[C@H]1[C@@H](O)[C@H](C)C[C@H](C)/C=C/C=CC=C(C)[C@@H](OC)C[C@@H]2CC[C@@H](C)[C@@](O)(O2)C(=O)C(=O)N2CCCCC2C(=O)O[C@H]([C@H](C)CC2CC[C@@H](O)[C@H](OC)C2)C[C@H](O)[C@H](C)/C=C(\C)[C@H]1O. The molecule has 14 heteroatoms. The molecule has 4 aliphatic rings. The molecular weight excluding hydrogens is 835 g/mol. The number of amides is 1. The van der Waals surface area contributed by atoms with Crippen molar-refractivity contribution in [1.29, 1.82) is 0 Å². The predicted octanol–water partition coefficient (Wildman–Crippen LogP) is 5.76. The van der Waals surface area contributed by atoms with Crippen LogP contribution in [0.4, 0.5) is 0 Å². The van der Waals surface area contributed by atoms with Crippen molar-refractivity contribution in [1.82, 2.24) is 4.90 Å². The molecule has 14 nitrogen and oxygen atoms in total. The minimum atomic E-state index is -2.41. The molecule has 3 aliphatic heterocycles. The summed E-state index contributed by atoms with van der Waals surface area (Å²) in [6.45, 7) is 13.2. The molecule has 1 aliphatic carbocycles. The molecule has 17 atom stereocenters. The maximum Gasteiger partial charge on any atom is 0.329 e. The van der Waals surface area contributed by atoms with Gasteiger partial charge in [0.15, 0.2) is 0 Å². The van der Waals surface area contributed by atoms with Crippen molar-refractivity contribution in [2.75, 3.05) is 27.9 Å². The summed E-state index contributed by atoms with van der Waals surface area (Å²) in [6, 6.07) is -1.10. The number of aliphatic hydroxyl groups excluding tert-OH is 4. The molecular formula is C51H83NO13. The number of rotatable bonds is 6. The average Bonchev–Trinajstić information content (AvgIpc) is 3.28. The number of nitrogens with zero attached hydrogens (tertiary/aromatic N) is 1. The number of Topliss-reactive ketones (excluding diaryl/α,β-unsaturated/α-hetero) is 1. The van der Waals surface area contributed by atoms with Gasteiger partial charge in [0, 0.05) is 52.6 Å². The van der Waals surface area contributed by atoms with Crippen LogP contribution in [0.3, 0.4) is 0 Å². The fraction of sp³-hybridized carbons (Fsp3) is 0.784. The van der Waals surface area contributed by atoms with Crippen LogP contribution in [0.2, 0.25) is 0 Å². The fourth-order valence-electron chi connectivity index (χ4n) is 10.4. The van der Waals surface area contributed by atoms with Gasteiger partial charge in [0.2, 0.25) is 5.79 Å². The highest BCUT2D eigenvalue weighted by Crippen LogP contribution is 2.38. The van der Waals surface area contributed by atoms with Crippen LogP contribution < -0.4 is 0 Å². The number of allylic oxidation sites excluding steroid dienone is 5. The van der Waals surface area contributed by atoms with Gasteiger partial charge in [-0.15, -0.1) is 0 Å². The largest absolute Gasteiger partial charge is 0.460 e. The summed E-state index contributed by atoms with van der Waals surface area (Å²) in [5, 5.41) is 57.2. The number of hydrogen-bond donors (Lipinski definition) is 5. The van der Waals surface area contributed by atoms with Crippen LogP contribution in [0.25, 0.3) is 0 Å². The van der Waals surface area contributed by atoms with Gasteiger partial charge in [-0.3, -0.25) is 9.59 Å². The molecule has 0 aromatic rings. The molecule has 0 aromatic carbocycles. The van der Waals surface area contributed by atoms with E-state index in [1.54, 1.807) is 34.1 Å². The van der Waals surface area contributed by atoms with Crippen molar-refractivity contribution >= 4 is 17.7 Å². The first-order chi connectivity index (χ1) is 30.7. The number of hydrogen-bond acceptors (Lipinski definition) is 13. The topological polar surface area (TPSA) is 202 Å². The zero-order valence-electron chi connectivity index (χ0n) is 40.8. The van der Waals surface area contributed by atoms with Gasteiger partial charge in [0.25, 0.3) is 11.7 Å². The Hall–Kier alpha value is -2.79. The number of aliphatic hydroxyl groups is 5. The smallest absolute Gasteiger partial charge is 0.329 e. The molecule has 5 N–H and O–H groups in total. The van der Waals surface area contributed by atoms with Crippen LogP contribution in [-0.4, -0.2) is 143 Å². The van der Waals surface area contributed by atoms with E-state index in [1.165, 1.54) is 12.0 Å². The third-order valence-electron chi connectivity index (χ3n) is 14.9. The van der Waals surface area contributed by atoms with E-state index in [-0.39, 0.29) is 49.2 Å². The quantitative estimate of drug-likeness (QED) is 0.122. The summed E-state index contributed by atoms with van der Waals surface area (Å²) < 4.78 is 29.6. The summed E-state index contributed by atoms with van der Waals surface area (Å²) in [6.07, 6.45) is 10.6. The number of ketones is 1. The zero-order chi connectivity index (χ0) is 48.2. The Labute approximate surface area is 388 Å². The predicted molar refractivity (Wildman–Crippen MR) is 247 cm³/mol. The van der Waals surface area contributed by atoms with Crippen molar-refractivity contribution in [3.63, 3.8) is 0 Å². The second-order valence-electron chi connectivity index (χ2n) is 20.0. The first-order valence-electron chi connectivity index (χ1n) is 24.2. The van der Waals surface area contributed by atoms with E-state index in [0.717, 1.165) is 12.0 Å². The second-order valence-corrected chi connectivity index (χ2v) is 20.0. The Morgan fingerprint density at radius 2 is 1.54 bits per heavy atom. The van der Waals surface area contributed by atoms with Gasteiger partial charge in [0.05, 0.1) is 36.6 Å². The number of carbonyl (C=O) groups excluding carboxylic acids is 3. The van der Waals surface area contributed by atoms with Crippen molar-refractivity contribution in [2.45, 2.75) is 192 Å². The Morgan fingerprint density at radius 1 is 0.815 bits per heavy atom. The number of esters is 1. The van der Waals surface area contributed by atoms with Crippen molar-refractivity contribution in [2.24, 2.45) is 35.5 Å². The Morgan fingerprint density at radius 3 is 2.22 bits per heavy atom. The molecule has 2 unspecified atom stereocenters. The summed E-state index contributed by atoms with van der Waals surface area (Å²) in [5.41, 5.74) is 1.41. The molecule has 3 fully saturated rings. The van der Waals surface area contributed by atoms with Crippen molar-refractivity contribution < 1.29 is 63.6 Å². The third-order valence-corrected chi connectivity index (χ3v) is 14.9. The highest BCUT2D eigenvalue weighted by molar-refractivity contribution is 6.39. The van der Waals surface area contributed by atoms with E-state index in [4.69, 9.17) is 23.7 Å². The van der Waals surface area contributed by atoms with E-state index < -0.39 is 90.2 Å². The highest BCUT2D eigenvalue weighted by Gasteiger charge is 2.53. The van der Waals surface area contributed by atoms with Crippen LogP contribution in [0, 0.1) is 35.5 Å². The maximum atomic E-state index is 14.4. The summed E-state index contributed by atoms with van der Waals surface area (Å²) >= 11 is 0. The van der Waals surface area contributed by atoms with E-state index >= 15 is 0 Å². The average molecular weight is 918 g/mol. The molecule has 0 radical (unpaired) electrons. The lowest BCUT2D eigenvalue weighted by atomic mass is 9.78. The van der Waals surface area contributed by atoms with Gasteiger partial charge >= 0.3 is 5.97 Å². The number of fused-ring (bicyclic) bond motifs is 3. The number of cyclic esters (lactones) is 1. The van der Waals surface area contributed by atoms with Crippen LogP contribution in [0.15, 0.2) is 47.6 Å². The lowest BCUT2D eigenvalue weighted by molar-refractivity contribution is -0.265. The van der Waals surface area contributed by atoms with E-state index in [9.17, 15) is 39.9 Å². The molecule has 1 saturated carbocycles. The fourth-order valence-corrected chi connectivity index (χ4v) is 10.4. The molecule has 370 valence electrons. The number of piperidine rings is 1. The van der Waals surface area contributed by atoms with Gasteiger partial charge in [-0.05, 0) is 113 Å². The van der Waals surface area contributed by atoms with E-state index in [2.05, 4.69) is 6.92 Å². The summed E-state index contributed by atoms with van der Waals surface area (Å²) in [7, 11) is 4.63. The summed E-state index contributed by atoms with van der Waals surface area (Å²) in [5.74, 6) is -6.69. The Bertz CT molecular complexity index is 1660. The van der Waals surface area contributed by atoms with Crippen LogP contribution >= 0.6 is 0 Å². The van der Waals surface area contributed by atoms with Crippen LogP contribution in [0.5, 0.6) is 0 Å². The molecule has 0 spiro atoms. The molecule has 1 amide bonds. The number of methoxy groups -OCH3 is 3. The Balaban J connectivity index is 1.70. The first kappa shape index (κ1) is 54.8. The zero-order valence-corrected chi connectivity index (χ0v) is 40.8. The lowest BCUT2D eigenvalue weighted by Gasteiger charge is -2.43. The van der Waals surface area contributed by atoms with Gasteiger partial charge in [-0.1, -0.05) is 71.1 Å².